The highest BCUT2D eigenvalue weighted by atomic mass is 16.5. The Morgan fingerprint density at radius 2 is 2.25 bits per heavy atom. The minimum atomic E-state index is 0.359. The van der Waals surface area contributed by atoms with Gasteiger partial charge in [-0.1, -0.05) is 0 Å². The molecule has 0 amide bonds. The predicted molar refractivity (Wildman–Crippen MR) is 74.7 cm³/mol. The highest BCUT2D eigenvalue weighted by Gasteiger charge is 2.20. The van der Waals surface area contributed by atoms with Crippen molar-refractivity contribution in [3.05, 3.63) is 18.3 Å². The average molecular weight is 273 g/mol. The van der Waals surface area contributed by atoms with Crippen LogP contribution in [-0.2, 0) is 11.3 Å². The zero-order valence-corrected chi connectivity index (χ0v) is 11.5. The summed E-state index contributed by atoms with van der Waals surface area (Å²) < 4.78 is 13.2. The van der Waals surface area contributed by atoms with Gasteiger partial charge in [0.15, 0.2) is 5.65 Å². The van der Waals surface area contributed by atoms with E-state index in [1.807, 2.05) is 16.8 Å². The third-order valence-corrected chi connectivity index (χ3v) is 4.20. The molecule has 0 bridgehead atoms. The first-order valence-electron chi connectivity index (χ1n) is 7.45. The van der Waals surface area contributed by atoms with E-state index in [1.165, 1.54) is 6.42 Å². The van der Waals surface area contributed by atoms with Gasteiger partial charge >= 0.3 is 0 Å². The van der Waals surface area contributed by atoms with Gasteiger partial charge in [0.05, 0.1) is 6.61 Å². The molecule has 3 heterocycles. The molecule has 1 saturated carbocycles. The van der Waals surface area contributed by atoms with Crippen molar-refractivity contribution in [2.75, 3.05) is 13.2 Å². The van der Waals surface area contributed by atoms with E-state index in [2.05, 4.69) is 16.3 Å². The van der Waals surface area contributed by atoms with Gasteiger partial charge in [-0.15, -0.1) is 0 Å². The van der Waals surface area contributed by atoms with Crippen LogP contribution in [0.2, 0.25) is 0 Å². The summed E-state index contributed by atoms with van der Waals surface area (Å²) in [5.74, 6) is 1.28. The second-order valence-corrected chi connectivity index (χ2v) is 5.81. The van der Waals surface area contributed by atoms with Crippen LogP contribution in [0.4, 0.5) is 0 Å². The van der Waals surface area contributed by atoms with E-state index in [0.29, 0.717) is 17.9 Å². The normalized spacial score (nSPS) is 23.1. The summed E-state index contributed by atoms with van der Waals surface area (Å²) in [6.07, 6.45) is 7.11. The zero-order chi connectivity index (χ0) is 13.4. The van der Waals surface area contributed by atoms with Crippen LogP contribution in [0.1, 0.15) is 25.7 Å². The van der Waals surface area contributed by atoms with E-state index < -0.39 is 0 Å². The van der Waals surface area contributed by atoms with Crippen LogP contribution in [0.25, 0.3) is 11.0 Å². The lowest BCUT2D eigenvalue weighted by Gasteiger charge is -2.25. The van der Waals surface area contributed by atoms with Crippen molar-refractivity contribution in [1.82, 2.24) is 14.8 Å². The lowest BCUT2D eigenvalue weighted by Crippen LogP contribution is -2.24. The number of rotatable bonds is 4. The van der Waals surface area contributed by atoms with Crippen molar-refractivity contribution in [3.63, 3.8) is 0 Å². The largest absolute Gasteiger partial charge is 0.474 e. The van der Waals surface area contributed by atoms with E-state index in [-0.39, 0.29) is 0 Å². The first-order valence-corrected chi connectivity index (χ1v) is 7.45. The van der Waals surface area contributed by atoms with Gasteiger partial charge in [-0.2, -0.15) is 10.1 Å². The van der Waals surface area contributed by atoms with Crippen molar-refractivity contribution in [1.29, 1.82) is 0 Å². The molecule has 20 heavy (non-hydrogen) atoms. The quantitative estimate of drug-likeness (QED) is 0.858. The van der Waals surface area contributed by atoms with Crippen LogP contribution >= 0.6 is 0 Å². The molecule has 2 aliphatic rings. The van der Waals surface area contributed by atoms with Crippen molar-refractivity contribution >= 4 is 11.0 Å². The van der Waals surface area contributed by atoms with Gasteiger partial charge in [0.1, 0.15) is 6.10 Å². The summed E-state index contributed by atoms with van der Waals surface area (Å²) in [6, 6.07) is 4.00. The molecule has 2 aromatic rings. The van der Waals surface area contributed by atoms with Gasteiger partial charge in [-0.05, 0) is 31.7 Å². The number of ether oxygens (including phenoxy) is 2. The molecular formula is C15H19N3O2. The Kier molecular flexibility index (Phi) is 3.07. The van der Waals surface area contributed by atoms with Gasteiger partial charge in [-0.3, -0.25) is 4.68 Å². The van der Waals surface area contributed by atoms with E-state index >= 15 is 0 Å². The Balaban J connectivity index is 1.52. The summed E-state index contributed by atoms with van der Waals surface area (Å²) in [7, 11) is 0. The number of fused-ring (bicyclic) bond motifs is 1. The van der Waals surface area contributed by atoms with Gasteiger partial charge in [-0.25, -0.2) is 0 Å². The van der Waals surface area contributed by atoms with E-state index in [0.717, 1.165) is 50.1 Å². The second kappa shape index (κ2) is 5.05. The maximum Gasteiger partial charge on any atom is 0.215 e. The number of aromatic nitrogens is 3. The van der Waals surface area contributed by atoms with Crippen molar-refractivity contribution in [3.8, 4) is 5.88 Å². The molecule has 5 heteroatoms. The van der Waals surface area contributed by atoms with Crippen molar-refractivity contribution in [2.45, 2.75) is 38.3 Å². The average Bonchev–Trinajstić information content (AvgIpc) is 3.02. The molecular weight excluding hydrogens is 254 g/mol. The van der Waals surface area contributed by atoms with Crippen LogP contribution < -0.4 is 4.74 Å². The van der Waals surface area contributed by atoms with E-state index in [1.54, 1.807) is 0 Å². The number of pyridine rings is 1. The topological polar surface area (TPSA) is 49.2 Å². The van der Waals surface area contributed by atoms with Crippen molar-refractivity contribution in [2.24, 2.45) is 5.92 Å². The fourth-order valence-electron chi connectivity index (χ4n) is 2.74. The summed E-state index contributed by atoms with van der Waals surface area (Å²) in [5.41, 5.74) is 0.778. The van der Waals surface area contributed by atoms with E-state index in [4.69, 9.17) is 9.47 Å². The molecule has 2 aromatic heterocycles. The molecule has 0 spiro atoms. The van der Waals surface area contributed by atoms with Crippen LogP contribution in [0.15, 0.2) is 18.3 Å². The Labute approximate surface area is 117 Å². The molecule has 1 saturated heterocycles. The molecule has 0 aromatic carbocycles. The Hall–Kier alpha value is -1.62. The monoisotopic (exact) mass is 273 g/mol. The second-order valence-electron chi connectivity index (χ2n) is 5.81. The highest BCUT2D eigenvalue weighted by molar-refractivity contribution is 5.74. The van der Waals surface area contributed by atoms with Crippen LogP contribution in [0, 0.1) is 5.92 Å². The minimum Gasteiger partial charge on any atom is -0.474 e. The maximum atomic E-state index is 5.82. The third-order valence-electron chi connectivity index (χ3n) is 4.20. The smallest absolute Gasteiger partial charge is 0.215 e. The first-order chi connectivity index (χ1) is 9.87. The molecule has 0 N–H and O–H groups in total. The lowest BCUT2D eigenvalue weighted by atomic mass is 9.96. The SMILES string of the molecule is c1cc2cn(CC3CCOC3)nc2nc1OC1CCC1. The predicted octanol–water partition coefficient (Wildman–Crippen LogP) is 2.40. The van der Waals surface area contributed by atoms with Crippen LogP contribution in [0.3, 0.4) is 0 Å². The molecule has 5 nitrogen and oxygen atoms in total. The fourth-order valence-corrected chi connectivity index (χ4v) is 2.74. The summed E-state index contributed by atoms with van der Waals surface area (Å²) in [4.78, 5) is 4.51. The highest BCUT2D eigenvalue weighted by Crippen LogP contribution is 2.25. The standard InChI is InChI=1S/C15H19N3O2/c1-2-13(3-1)20-14-5-4-12-9-18(17-15(12)16-14)8-11-6-7-19-10-11/h4-5,9,11,13H,1-3,6-8,10H2. The molecule has 1 atom stereocenters. The third kappa shape index (κ3) is 2.38. The van der Waals surface area contributed by atoms with Crippen LogP contribution in [0.5, 0.6) is 5.88 Å². The number of hydrogen-bond acceptors (Lipinski definition) is 4. The summed E-state index contributed by atoms with van der Waals surface area (Å²) >= 11 is 0. The van der Waals surface area contributed by atoms with E-state index in [9.17, 15) is 0 Å². The number of hydrogen-bond donors (Lipinski definition) is 0. The van der Waals surface area contributed by atoms with Gasteiger partial charge in [0.2, 0.25) is 5.88 Å². The van der Waals surface area contributed by atoms with Crippen molar-refractivity contribution < 1.29 is 9.47 Å². The Morgan fingerprint density at radius 3 is 3.00 bits per heavy atom. The Morgan fingerprint density at radius 1 is 1.30 bits per heavy atom. The van der Waals surface area contributed by atoms with Gasteiger partial charge in [0.25, 0.3) is 0 Å². The molecule has 2 fully saturated rings. The molecule has 1 aliphatic carbocycles. The first kappa shape index (κ1) is 12.1. The molecule has 0 radical (unpaired) electrons. The summed E-state index contributed by atoms with van der Waals surface area (Å²) in [6.45, 7) is 2.64. The molecule has 106 valence electrons. The fraction of sp³-hybridized carbons (Fsp3) is 0.600. The van der Waals surface area contributed by atoms with Gasteiger partial charge < -0.3 is 9.47 Å². The van der Waals surface area contributed by atoms with Gasteiger partial charge in [0, 0.05) is 36.7 Å². The maximum absolute atomic E-state index is 5.82. The summed E-state index contributed by atoms with van der Waals surface area (Å²) in [5, 5.41) is 5.63. The molecule has 1 unspecified atom stereocenters. The molecule has 4 rings (SSSR count). The molecule has 1 aliphatic heterocycles. The van der Waals surface area contributed by atoms with Crippen LogP contribution in [-0.4, -0.2) is 34.1 Å². The minimum absolute atomic E-state index is 0.359. The lowest BCUT2D eigenvalue weighted by molar-refractivity contribution is 0.115. The zero-order valence-electron chi connectivity index (χ0n) is 11.5. The Bertz CT molecular complexity index is 600. The number of nitrogens with zero attached hydrogens (tertiary/aromatic N) is 3.